The van der Waals surface area contributed by atoms with Crippen molar-refractivity contribution >= 4 is 16.9 Å². The molecule has 1 amide bonds. The Morgan fingerprint density at radius 1 is 1.12 bits per heavy atom. The minimum atomic E-state index is -0.0417. The number of hydrogen-bond acceptors (Lipinski definition) is 3. The number of imidazole rings is 1. The summed E-state index contributed by atoms with van der Waals surface area (Å²) in [6.07, 6.45) is 2.55. The van der Waals surface area contributed by atoms with Crippen LogP contribution in [-0.4, -0.2) is 36.1 Å². The average Bonchev–Trinajstić information content (AvgIpc) is 3.07. The molecule has 3 rings (SSSR count). The van der Waals surface area contributed by atoms with Crippen LogP contribution in [0, 0.1) is 0 Å². The Bertz CT molecular complexity index is 791. The highest BCUT2D eigenvalue weighted by Crippen LogP contribution is 2.13. The Kier molecular flexibility index (Phi) is 5.80. The molecule has 1 aromatic heterocycles. The van der Waals surface area contributed by atoms with Crippen molar-refractivity contribution in [3.8, 4) is 0 Å². The number of fused-ring (bicyclic) bond motifs is 1. The molecule has 5 heteroatoms. The van der Waals surface area contributed by atoms with Crippen LogP contribution < -0.4 is 5.32 Å². The van der Waals surface area contributed by atoms with E-state index >= 15 is 0 Å². The van der Waals surface area contributed by atoms with Gasteiger partial charge in [-0.2, -0.15) is 0 Å². The summed E-state index contributed by atoms with van der Waals surface area (Å²) in [5.74, 6) is 0.945. The molecule has 0 atom stereocenters. The summed E-state index contributed by atoms with van der Waals surface area (Å²) in [5.41, 5.74) is 3.94. The third kappa shape index (κ3) is 4.67. The first-order valence-corrected chi connectivity index (χ1v) is 8.56. The number of amides is 1. The fourth-order valence-corrected chi connectivity index (χ4v) is 2.73. The van der Waals surface area contributed by atoms with Crippen LogP contribution in [0.25, 0.3) is 11.0 Å². The van der Waals surface area contributed by atoms with Crippen LogP contribution in [0.5, 0.6) is 0 Å². The van der Waals surface area contributed by atoms with Crippen LogP contribution in [0.4, 0.5) is 0 Å². The molecule has 130 valence electrons. The molecule has 5 nitrogen and oxygen atoms in total. The summed E-state index contributed by atoms with van der Waals surface area (Å²) < 4.78 is 4.97. The quantitative estimate of drug-likeness (QED) is 0.621. The third-order valence-corrected chi connectivity index (χ3v) is 4.12. The van der Waals surface area contributed by atoms with Gasteiger partial charge in [-0.25, -0.2) is 4.98 Å². The van der Waals surface area contributed by atoms with Crippen molar-refractivity contribution in [3.63, 3.8) is 0 Å². The first kappa shape index (κ1) is 17.2. The van der Waals surface area contributed by atoms with Crippen molar-refractivity contribution in [2.24, 2.45) is 0 Å². The first-order chi connectivity index (χ1) is 12.3. The van der Waals surface area contributed by atoms with E-state index in [0.717, 1.165) is 36.1 Å². The van der Waals surface area contributed by atoms with Gasteiger partial charge in [0, 0.05) is 32.2 Å². The molecule has 2 aromatic carbocycles. The Morgan fingerprint density at radius 2 is 1.92 bits per heavy atom. The molecule has 3 aromatic rings. The van der Waals surface area contributed by atoms with Crippen LogP contribution in [0.3, 0.4) is 0 Å². The number of hydrogen-bond donors (Lipinski definition) is 2. The molecule has 0 radical (unpaired) electrons. The minimum absolute atomic E-state index is 0.0417. The van der Waals surface area contributed by atoms with Crippen molar-refractivity contribution in [1.29, 1.82) is 0 Å². The Morgan fingerprint density at radius 3 is 2.68 bits per heavy atom. The number of rotatable bonds is 8. The standard InChI is InChI=1S/C20H23N3O2/c1-25-14-4-13-21-20(24)16-10-7-15(8-11-16)9-12-19-22-17-5-2-3-6-18(17)23-19/h2-3,5-8,10-11H,4,9,12-14H2,1H3,(H,21,24)(H,22,23). The molecule has 2 N–H and O–H groups in total. The topological polar surface area (TPSA) is 67.0 Å². The van der Waals surface area contributed by atoms with Gasteiger partial charge in [-0.3, -0.25) is 4.79 Å². The lowest BCUT2D eigenvalue weighted by atomic mass is 10.1. The van der Waals surface area contributed by atoms with Gasteiger partial charge in [0.1, 0.15) is 5.82 Å². The zero-order valence-corrected chi connectivity index (χ0v) is 14.4. The lowest BCUT2D eigenvalue weighted by Gasteiger charge is -2.06. The van der Waals surface area contributed by atoms with Crippen LogP contribution in [-0.2, 0) is 17.6 Å². The smallest absolute Gasteiger partial charge is 0.251 e. The van der Waals surface area contributed by atoms with Crippen molar-refractivity contribution < 1.29 is 9.53 Å². The van der Waals surface area contributed by atoms with E-state index in [1.807, 2.05) is 48.5 Å². The highest BCUT2D eigenvalue weighted by Gasteiger charge is 2.06. The van der Waals surface area contributed by atoms with Gasteiger partial charge < -0.3 is 15.0 Å². The monoisotopic (exact) mass is 337 g/mol. The number of H-pyrrole nitrogens is 1. The number of methoxy groups -OCH3 is 1. The summed E-state index contributed by atoms with van der Waals surface area (Å²) in [4.78, 5) is 20.0. The molecular formula is C20H23N3O2. The summed E-state index contributed by atoms with van der Waals surface area (Å²) in [7, 11) is 1.66. The zero-order valence-electron chi connectivity index (χ0n) is 14.4. The summed E-state index contributed by atoms with van der Waals surface area (Å²) in [6, 6.07) is 15.8. The van der Waals surface area contributed by atoms with Gasteiger partial charge in [-0.1, -0.05) is 24.3 Å². The van der Waals surface area contributed by atoms with E-state index in [0.29, 0.717) is 18.7 Å². The number of nitrogens with zero attached hydrogens (tertiary/aromatic N) is 1. The lowest BCUT2D eigenvalue weighted by Crippen LogP contribution is -2.25. The van der Waals surface area contributed by atoms with Gasteiger partial charge in [-0.05, 0) is 42.7 Å². The molecule has 0 saturated carbocycles. The molecule has 0 saturated heterocycles. The van der Waals surface area contributed by atoms with E-state index in [1.54, 1.807) is 7.11 Å². The van der Waals surface area contributed by atoms with Gasteiger partial charge in [0.25, 0.3) is 5.91 Å². The predicted octanol–water partition coefficient (Wildman–Crippen LogP) is 3.11. The molecule has 1 heterocycles. The molecular weight excluding hydrogens is 314 g/mol. The number of nitrogens with one attached hydrogen (secondary N) is 2. The fourth-order valence-electron chi connectivity index (χ4n) is 2.73. The van der Waals surface area contributed by atoms with Crippen LogP contribution >= 0.6 is 0 Å². The second kappa shape index (κ2) is 8.44. The first-order valence-electron chi connectivity index (χ1n) is 8.56. The maximum Gasteiger partial charge on any atom is 0.251 e. The van der Waals surface area contributed by atoms with Gasteiger partial charge >= 0.3 is 0 Å². The fraction of sp³-hybridized carbons (Fsp3) is 0.300. The number of carbonyl (C=O) groups excluding carboxylic acids is 1. The summed E-state index contributed by atoms with van der Waals surface area (Å²) in [6.45, 7) is 1.28. The molecule has 0 fully saturated rings. The van der Waals surface area contributed by atoms with E-state index in [2.05, 4.69) is 15.3 Å². The second-order valence-corrected chi connectivity index (χ2v) is 6.00. The number of benzene rings is 2. The van der Waals surface area contributed by atoms with Crippen LogP contribution in [0.1, 0.15) is 28.2 Å². The van der Waals surface area contributed by atoms with Gasteiger partial charge in [0.2, 0.25) is 0 Å². The molecule has 0 aliphatic carbocycles. The zero-order chi connectivity index (χ0) is 17.5. The second-order valence-electron chi connectivity index (χ2n) is 6.00. The number of aromatic nitrogens is 2. The molecule has 0 spiro atoms. The Balaban J connectivity index is 1.52. The van der Waals surface area contributed by atoms with Crippen LogP contribution in [0.15, 0.2) is 48.5 Å². The molecule has 0 bridgehead atoms. The number of aryl methyl sites for hydroxylation is 2. The van der Waals surface area contributed by atoms with Gasteiger partial charge in [-0.15, -0.1) is 0 Å². The normalized spacial score (nSPS) is 10.9. The average molecular weight is 337 g/mol. The largest absolute Gasteiger partial charge is 0.385 e. The van der Waals surface area contributed by atoms with Crippen molar-refractivity contribution in [2.75, 3.05) is 20.3 Å². The van der Waals surface area contributed by atoms with E-state index in [1.165, 1.54) is 5.56 Å². The molecule has 0 unspecified atom stereocenters. The predicted molar refractivity (Wildman–Crippen MR) is 98.8 cm³/mol. The van der Waals surface area contributed by atoms with Gasteiger partial charge in [0.15, 0.2) is 0 Å². The summed E-state index contributed by atoms with van der Waals surface area (Å²) in [5, 5.41) is 2.89. The third-order valence-electron chi connectivity index (χ3n) is 4.12. The van der Waals surface area contributed by atoms with Crippen molar-refractivity contribution in [3.05, 3.63) is 65.5 Å². The van der Waals surface area contributed by atoms with E-state index < -0.39 is 0 Å². The Labute approximate surface area is 147 Å². The SMILES string of the molecule is COCCCNC(=O)c1ccc(CCc2nc3ccccc3[nH]2)cc1. The minimum Gasteiger partial charge on any atom is -0.385 e. The highest BCUT2D eigenvalue weighted by molar-refractivity contribution is 5.94. The van der Waals surface area contributed by atoms with Gasteiger partial charge in [0.05, 0.1) is 11.0 Å². The number of para-hydroxylation sites is 2. The summed E-state index contributed by atoms with van der Waals surface area (Å²) >= 11 is 0. The van der Waals surface area contributed by atoms with E-state index in [4.69, 9.17) is 4.74 Å². The highest BCUT2D eigenvalue weighted by atomic mass is 16.5. The number of carbonyl (C=O) groups is 1. The van der Waals surface area contributed by atoms with Crippen molar-refractivity contribution in [1.82, 2.24) is 15.3 Å². The van der Waals surface area contributed by atoms with E-state index in [-0.39, 0.29) is 5.91 Å². The Hall–Kier alpha value is -2.66. The number of ether oxygens (including phenoxy) is 1. The number of aromatic amines is 1. The molecule has 0 aliphatic rings. The lowest BCUT2D eigenvalue weighted by molar-refractivity contribution is 0.0948. The van der Waals surface area contributed by atoms with E-state index in [9.17, 15) is 4.79 Å². The van der Waals surface area contributed by atoms with Crippen molar-refractivity contribution in [2.45, 2.75) is 19.3 Å². The maximum atomic E-state index is 12.0. The van der Waals surface area contributed by atoms with Crippen LogP contribution in [0.2, 0.25) is 0 Å². The molecule has 0 aliphatic heterocycles. The molecule has 25 heavy (non-hydrogen) atoms. The maximum absolute atomic E-state index is 12.0.